The summed E-state index contributed by atoms with van der Waals surface area (Å²) in [5.74, 6) is -2.85. The van der Waals surface area contributed by atoms with E-state index in [1.165, 1.54) is 6.07 Å². The molecule has 2 rings (SSSR count). The highest BCUT2D eigenvalue weighted by Gasteiger charge is 2.19. The summed E-state index contributed by atoms with van der Waals surface area (Å²) in [5, 5.41) is 11.8. The Bertz CT molecular complexity index is 755. The van der Waals surface area contributed by atoms with Gasteiger partial charge in [-0.05, 0) is 30.7 Å². The van der Waals surface area contributed by atoms with Crippen LogP contribution < -0.4 is 5.32 Å². The smallest absolute Gasteiger partial charge is 0.338 e. The zero-order valence-corrected chi connectivity index (χ0v) is 13.1. The standard InChI is InChI=1S/C17H17FN2O3/c1-9(2)16(21)20-11-6-12(14-5-4-10(3)8-19-14)15(18)13(7-11)17(22)23/h4-9H,1-3H3,(H,20,21)(H,22,23). The Morgan fingerprint density at radius 1 is 1.26 bits per heavy atom. The summed E-state index contributed by atoms with van der Waals surface area (Å²) >= 11 is 0. The molecule has 0 unspecified atom stereocenters. The number of aryl methyl sites for hydroxylation is 1. The Hall–Kier alpha value is -2.76. The van der Waals surface area contributed by atoms with Crippen molar-refractivity contribution in [2.24, 2.45) is 5.92 Å². The molecule has 0 saturated carbocycles. The molecule has 0 radical (unpaired) electrons. The van der Waals surface area contributed by atoms with E-state index in [9.17, 15) is 19.1 Å². The Labute approximate surface area is 133 Å². The average molecular weight is 316 g/mol. The Kier molecular flexibility index (Phi) is 4.74. The Morgan fingerprint density at radius 2 is 1.96 bits per heavy atom. The lowest BCUT2D eigenvalue weighted by atomic mass is 10.0. The topological polar surface area (TPSA) is 79.3 Å². The van der Waals surface area contributed by atoms with Crippen LogP contribution in [-0.2, 0) is 4.79 Å². The molecule has 0 atom stereocenters. The van der Waals surface area contributed by atoms with Gasteiger partial charge in [-0.15, -0.1) is 0 Å². The predicted octanol–water partition coefficient (Wildman–Crippen LogP) is 3.49. The number of nitrogens with one attached hydrogen (secondary N) is 1. The lowest BCUT2D eigenvalue weighted by molar-refractivity contribution is -0.118. The number of carbonyl (C=O) groups is 2. The minimum atomic E-state index is -1.41. The first-order valence-electron chi connectivity index (χ1n) is 7.10. The molecule has 0 aliphatic rings. The second-order valence-electron chi connectivity index (χ2n) is 5.56. The van der Waals surface area contributed by atoms with E-state index in [1.54, 1.807) is 32.2 Å². The number of aromatic carboxylic acids is 1. The monoisotopic (exact) mass is 316 g/mol. The van der Waals surface area contributed by atoms with E-state index in [0.717, 1.165) is 11.6 Å². The van der Waals surface area contributed by atoms with E-state index in [1.807, 2.05) is 6.92 Å². The number of hydrogen-bond donors (Lipinski definition) is 2. The number of carbonyl (C=O) groups excluding carboxylic acids is 1. The molecule has 1 amide bonds. The van der Waals surface area contributed by atoms with Crippen molar-refractivity contribution in [3.8, 4) is 11.3 Å². The largest absolute Gasteiger partial charge is 0.478 e. The molecule has 1 aromatic carbocycles. The summed E-state index contributed by atoms with van der Waals surface area (Å²) in [6.07, 6.45) is 1.56. The molecule has 1 heterocycles. The van der Waals surface area contributed by atoms with Crippen LogP contribution in [-0.4, -0.2) is 22.0 Å². The first kappa shape index (κ1) is 16.6. The number of benzene rings is 1. The minimum Gasteiger partial charge on any atom is -0.478 e. The fraction of sp³-hybridized carbons (Fsp3) is 0.235. The maximum absolute atomic E-state index is 14.5. The van der Waals surface area contributed by atoms with Crippen molar-refractivity contribution in [3.63, 3.8) is 0 Å². The minimum absolute atomic E-state index is 0.0314. The van der Waals surface area contributed by atoms with Gasteiger partial charge in [0.05, 0.1) is 11.3 Å². The van der Waals surface area contributed by atoms with Gasteiger partial charge >= 0.3 is 5.97 Å². The lowest BCUT2D eigenvalue weighted by Crippen LogP contribution is -2.18. The van der Waals surface area contributed by atoms with Crippen LogP contribution in [0.2, 0.25) is 0 Å². The first-order chi connectivity index (χ1) is 10.8. The van der Waals surface area contributed by atoms with Gasteiger partial charge < -0.3 is 10.4 Å². The second-order valence-corrected chi connectivity index (χ2v) is 5.56. The molecule has 0 aliphatic heterocycles. The SMILES string of the molecule is Cc1ccc(-c2cc(NC(=O)C(C)C)cc(C(=O)O)c2F)nc1. The number of carboxylic acids is 1. The fourth-order valence-electron chi connectivity index (χ4n) is 1.95. The van der Waals surface area contributed by atoms with Crippen LogP contribution >= 0.6 is 0 Å². The summed E-state index contributed by atoms with van der Waals surface area (Å²) in [6, 6.07) is 5.85. The molecule has 2 aromatic rings. The number of aromatic nitrogens is 1. The normalized spacial score (nSPS) is 10.7. The van der Waals surface area contributed by atoms with Gasteiger partial charge in [0, 0.05) is 23.4 Å². The number of anilines is 1. The highest BCUT2D eigenvalue weighted by Crippen LogP contribution is 2.28. The van der Waals surface area contributed by atoms with Crippen molar-refractivity contribution in [3.05, 3.63) is 47.4 Å². The maximum atomic E-state index is 14.5. The summed E-state index contributed by atoms with van der Waals surface area (Å²) in [6.45, 7) is 5.26. The van der Waals surface area contributed by atoms with E-state index in [4.69, 9.17) is 0 Å². The molecule has 0 fully saturated rings. The van der Waals surface area contributed by atoms with Gasteiger partial charge in [0.25, 0.3) is 0 Å². The fourth-order valence-corrected chi connectivity index (χ4v) is 1.95. The van der Waals surface area contributed by atoms with Crippen LogP contribution in [0.4, 0.5) is 10.1 Å². The lowest BCUT2D eigenvalue weighted by Gasteiger charge is -2.12. The third-order valence-electron chi connectivity index (χ3n) is 3.28. The average Bonchev–Trinajstić information content (AvgIpc) is 2.49. The van der Waals surface area contributed by atoms with E-state index in [-0.39, 0.29) is 23.1 Å². The number of carboxylic acid groups (broad SMARTS) is 1. The van der Waals surface area contributed by atoms with E-state index >= 15 is 0 Å². The molecular weight excluding hydrogens is 299 g/mol. The van der Waals surface area contributed by atoms with Gasteiger partial charge in [0.15, 0.2) is 0 Å². The van der Waals surface area contributed by atoms with Crippen molar-refractivity contribution >= 4 is 17.6 Å². The predicted molar refractivity (Wildman–Crippen MR) is 84.8 cm³/mol. The molecule has 2 N–H and O–H groups in total. The summed E-state index contributed by atoms with van der Waals surface area (Å²) < 4.78 is 14.5. The van der Waals surface area contributed by atoms with Gasteiger partial charge in [-0.1, -0.05) is 19.9 Å². The van der Waals surface area contributed by atoms with Gasteiger partial charge in [0.1, 0.15) is 5.82 Å². The van der Waals surface area contributed by atoms with Crippen LogP contribution in [0.25, 0.3) is 11.3 Å². The Balaban J connectivity index is 2.56. The van der Waals surface area contributed by atoms with Crippen molar-refractivity contribution in [2.45, 2.75) is 20.8 Å². The molecule has 0 saturated heterocycles. The van der Waals surface area contributed by atoms with E-state index < -0.39 is 17.3 Å². The number of nitrogens with zero attached hydrogens (tertiary/aromatic N) is 1. The number of amides is 1. The Morgan fingerprint density at radius 3 is 2.48 bits per heavy atom. The molecular formula is C17H17FN2O3. The quantitative estimate of drug-likeness (QED) is 0.905. The van der Waals surface area contributed by atoms with Crippen molar-refractivity contribution in [1.29, 1.82) is 0 Å². The molecule has 0 bridgehead atoms. The number of pyridine rings is 1. The van der Waals surface area contributed by atoms with Gasteiger partial charge in [-0.25, -0.2) is 9.18 Å². The van der Waals surface area contributed by atoms with Crippen LogP contribution in [0.1, 0.15) is 29.8 Å². The van der Waals surface area contributed by atoms with Gasteiger partial charge in [-0.3, -0.25) is 9.78 Å². The van der Waals surface area contributed by atoms with Gasteiger partial charge in [0.2, 0.25) is 5.91 Å². The highest BCUT2D eigenvalue weighted by atomic mass is 19.1. The number of rotatable bonds is 4. The van der Waals surface area contributed by atoms with Crippen molar-refractivity contribution in [2.75, 3.05) is 5.32 Å². The number of halogens is 1. The molecule has 1 aromatic heterocycles. The molecule has 23 heavy (non-hydrogen) atoms. The molecule has 0 spiro atoms. The molecule has 0 aliphatic carbocycles. The zero-order chi connectivity index (χ0) is 17.1. The third kappa shape index (κ3) is 3.71. The van der Waals surface area contributed by atoms with Gasteiger partial charge in [-0.2, -0.15) is 0 Å². The van der Waals surface area contributed by atoms with E-state index in [0.29, 0.717) is 5.69 Å². The summed E-state index contributed by atoms with van der Waals surface area (Å²) in [7, 11) is 0. The zero-order valence-electron chi connectivity index (χ0n) is 13.1. The molecule has 5 nitrogen and oxygen atoms in total. The van der Waals surface area contributed by atoms with Crippen LogP contribution in [0.3, 0.4) is 0 Å². The van der Waals surface area contributed by atoms with Crippen LogP contribution in [0.5, 0.6) is 0 Å². The van der Waals surface area contributed by atoms with Crippen molar-refractivity contribution in [1.82, 2.24) is 4.98 Å². The van der Waals surface area contributed by atoms with E-state index in [2.05, 4.69) is 10.3 Å². The van der Waals surface area contributed by atoms with Crippen LogP contribution in [0.15, 0.2) is 30.5 Å². The summed E-state index contributed by atoms with van der Waals surface area (Å²) in [4.78, 5) is 27.2. The molecule has 6 heteroatoms. The molecule has 120 valence electrons. The van der Waals surface area contributed by atoms with Crippen molar-refractivity contribution < 1.29 is 19.1 Å². The number of hydrogen-bond acceptors (Lipinski definition) is 3. The van der Waals surface area contributed by atoms with Crippen LogP contribution in [0, 0.1) is 18.7 Å². The highest BCUT2D eigenvalue weighted by molar-refractivity contribution is 5.96. The maximum Gasteiger partial charge on any atom is 0.338 e. The first-order valence-corrected chi connectivity index (χ1v) is 7.10. The third-order valence-corrected chi connectivity index (χ3v) is 3.28. The summed E-state index contributed by atoms with van der Waals surface area (Å²) in [5.41, 5.74) is 0.945. The second kappa shape index (κ2) is 6.56.